The fourth-order valence-electron chi connectivity index (χ4n) is 2.83. The molecule has 2 N–H and O–H groups in total. The summed E-state index contributed by atoms with van der Waals surface area (Å²) in [7, 11) is 0. The maximum atomic E-state index is 12.5. The van der Waals surface area contributed by atoms with Crippen LogP contribution in [-0.2, 0) is 0 Å². The van der Waals surface area contributed by atoms with E-state index in [9.17, 15) is 9.90 Å². The monoisotopic (exact) mass is 325 g/mol. The Morgan fingerprint density at radius 1 is 1.04 bits per heavy atom. The highest BCUT2D eigenvalue weighted by atomic mass is 16.5. The van der Waals surface area contributed by atoms with Crippen LogP contribution in [0.1, 0.15) is 36.7 Å². The molecule has 126 valence electrons. The van der Waals surface area contributed by atoms with Crippen molar-refractivity contribution >= 4 is 5.78 Å². The number of hydrogen-bond donors (Lipinski definition) is 2. The zero-order valence-corrected chi connectivity index (χ0v) is 14.3. The first-order valence-electron chi connectivity index (χ1n) is 8.20. The van der Waals surface area contributed by atoms with Crippen molar-refractivity contribution in [2.24, 2.45) is 0 Å². The van der Waals surface area contributed by atoms with Gasteiger partial charge in [0.2, 0.25) is 0 Å². The van der Waals surface area contributed by atoms with E-state index in [0.29, 0.717) is 23.4 Å². The summed E-state index contributed by atoms with van der Waals surface area (Å²) >= 11 is 0. The third kappa shape index (κ3) is 3.35. The van der Waals surface area contributed by atoms with Gasteiger partial charge in [0, 0.05) is 28.8 Å². The Kier molecular flexibility index (Phi) is 4.43. The summed E-state index contributed by atoms with van der Waals surface area (Å²) in [5.41, 5.74) is 3.04. The van der Waals surface area contributed by atoms with Crippen molar-refractivity contribution in [2.75, 3.05) is 13.2 Å². The highest BCUT2D eigenvalue weighted by Gasteiger charge is 2.29. The highest BCUT2D eigenvalue weighted by Crippen LogP contribution is 2.42. The lowest BCUT2D eigenvalue weighted by Crippen LogP contribution is -2.42. The Morgan fingerprint density at radius 3 is 2.42 bits per heavy atom. The molecule has 1 unspecified atom stereocenters. The molecule has 4 nitrogen and oxygen atoms in total. The average Bonchev–Trinajstić information content (AvgIpc) is 2.84. The topological polar surface area (TPSA) is 58.6 Å². The maximum Gasteiger partial charge on any atom is 0.194 e. The molecule has 0 radical (unpaired) electrons. The molecule has 0 saturated carbocycles. The third-order valence-electron chi connectivity index (χ3n) is 4.01. The number of ether oxygens (including phenoxy) is 1. The molecular weight excluding hydrogens is 302 g/mol. The van der Waals surface area contributed by atoms with Crippen molar-refractivity contribution in [3.63, 3.8) is 0 Å². The van der Waals surface area contributed by atoms with Gasteiger partial charge in [0.25, 0.3) is 0 Å². The Hall–Kier alpha value is -2.17. The predicted molar refractivity (Wildman–Crippen MR) is 94.6 cm³/mol. The number of benzene rings is 2. The number of hydrogen-bond acceptors (Lipinski definition) is 4. The van der Waals surface area contributed by atoms with Gasteiger partial charge in [-0.2, -0.15) is 0 Å². The summed E-state index contributed by atoms with van der Waals surface area (Å²) in [4.78, 5) is 12.5. The summed E-state index contributed by atoms with van der Waals surface area (Å²) in [5, 5.41) is 13.4. The van der Waals surface area contributed by atoms with Gasteiger partial charge in [0.1, 0.15) is 18.5 Å². The van der Waals surface area contributed by atoms with Crippen LogP contribution in [0.5, 0.6) is 5.75 Å². The van der Waals surface area contributed by atoms with Gasteiger partial charge in [-0.15, -0.1) is 0 Å². The van der Waals surface area contributed by atoms with Crippen molar-refractivity contribution in [1.82, 2.24) is 5.32 Å². The zero-order chi connectivity index (χ0) is 17.3. The lowest BCUT2D eigenvalue weighted by molar-refractivity contribution is 0.100. The second kappa shape index (κ2) is 6.38. The molecule has 0 saturated heterocycles. The molecule has 0 heterocycles. The number of rotatable bonds is 5. The van der Waals surface area contributed by atoms with Crippen molar-refractivity contribution in [1.29, 1.82) is 0 Å². The van der Waals surface area contributed by atoms with Crippen LogP contribution in [0.4, 0.5) is 0 Å². The molecule has 1 aliphatic rings. The first kappa shape index (κ1) is 16.7. The van der Waals surface area contributed by atoms with Crippen LogP contribution in [0, 0.1) is 0 Å². The van der Waals surface area contributed by atoms with Crippen molar-refractivity contribution < 1.29 is 14.6 Å². The van der Waals surface area contributed by atoms with Crippen molar-refractivity contribution in [3.05, 3.63) is 53.6 Å². The number of nitrogens with one attached hydrogen (secondary N) is 1. The van der Waals surface area contributed by atoms with E-state index in [-0.39, 0.29) is 17.9 Å². The summed E-state index contributed by atoms with van der Waals surface area (Å²) in [6.45, 7) is 6.78. The van der Waals surface area contributed by atoms with Gasteiger partial charge in [0.05, 0.1) is 0 Å². The molecule has 1 atom stereocenters. The summed E-state index contributed by atoms with van der Waals surface area (Å²) in [6, 6.07) is 13.0. The summed E-state index contributed by atoms with van der Waals surface area (Å²) in [5.74, 6) is 0.668. The second-order valence-electron chi connectivity index (χ2n) is 7.15. The van der Waals surface area contributed by atoms with Gasteiger partial charge in [-0.25, -0.2) is 0 Å². The van der Waals surface area contributed by atoms with Crippen LogP contribution < -0.4 is 10.1 Å². The van der Waals surface area contributed by atoms with Crippen LogP contribution in [0.3, 0.4) is 0 Å². The van der Waals surface area contributed by atoms with Gasteiger partial charge in [-0.3, -0.25) is 4.79 Å². The van der Waals surface area contributed by atoms with E-state index in [1.54, 1.807) is 0 Å². The maximum absolute atomic E-state index is 12.5. The van der Waals surface area contributed by atoms with Gasteiger partial charge in [0.15, 0.2) is 5.78 Å². The van der Waals surface area contributed by atoms with Crippen LogP contribution in [-0.4, -0.2) is 35.7 Å². The van der Waals surface area contributed by atoms with E-state index in [4.69, 9.17) is 4.74 Å². The molecular formula is C20H23NO3. The normalized spacial score (nSPS) is 14.2. The Labute approximate surface area is 142 Å². The quantitative estimate of drug-likeness (QED) is 0.757. The third-order valence-corrected chi connectivity index (χ3v) is 4.01. The van der Waals surface area contributed by atoms with Crippen molar-refractivity contribution in [2.45, 2.75) is 32.4 Å². The average molecular weight is 325 g/mol. The van der Waals surface area contributed by atoms with Gasteiger partial charge < -0.3 is 15.2 Å². The second-order valence-corrected chi connectivity index (χ2v) is 7.15. The smallest absolute Gasteiger partial charge is 0.194 e. The molecule has 0 bridgehead atoms. The van der Waals surface area contributed by atoms with E-state index >= 15 is 0 Å². The minimum absolute atomic E-state index is 0.0287. The lowest BCUT2D eigenvalue weighted by Gasteiger charge is -2.23. The van der Waals surface area contributed by atoms with Gasteiger partial charge in [-0.05, 0) is 32.4 Å². The highest BCUT2D eigenvalue weighted by molar-refractivity contribution is 6.22. The first-order valence-corrected chi connectivity index (χ1v) is 8.20. The van der Waals surface area contributed by atoms with E-state index < -0.39 is 6.10 Å². The fraction of sp³-hybridized carbons (Fsp3) is 0.350. The summed E-state index contributed by atoms with van der Waals surface area (Å²) in [6.07, 6.45) is -0.618. The molecule has 4 heteroatoms. The number of β-amino-alcohol motifs (C(OH)–C–C–N with tert-alkyl or cyclic N) is 1. The number of carbonyl (C=O) groups is 1. The largest absolute Gasteiger partial charge is 0.490 e. The number of ketones is 1. The van der Waals surface area contributed by atoms with Crippen LogP contribution >= 0.6 is 0 Å². The molecule has 3 rings (SSSR count). The number of carbonyl (C=O) groups excluding carboxylic acids is 1. The molecule has 0 aromatic heterocycles. The molecule has 24 heavy (non-hydrogen) atoms. The zero-order valence-electron chi connectivity index (χ0n) is 14.3. The minimum Gasteiger partial charge on any atom is -0.490 e. The minimum atomic E-state index is -0.618. The SMILES string of the molecule is CC(C)(C)NCC(O)COc1cccc2c1-c1ccccc1C2=O. The van der Waals surface area contributed by atoms with Crippen LogP contribution in [0.2, 0.25) is 0 Å². The number of fused-ring (bicyclic) bond motifs is 3. The van der Waals surface area contributed by atoms with E-state index in [1.165, 1.54) is 0 Å². The summed E-state index contributed by atoms with van der Waals surface area (Å²) < 4.78 is 5.84. The molecule has 2 aromatic rings. The van der Waals surface area contributed by atoms with Gasteiger partial charge >= 0.3 is 0 Å². The van der Waals surface area contributed by atoms with Crippen LogP contribution in [0.25, 0.3) is 11.1 Å². The Bertz CT molecular complexity index is 762. The molecule has 0 fully saturated rings. The molecule has 2 aromatic carbocycles. The van der Waals surface area contributed by atoms with Gasteiger partial charge in [-0.1, -0.05) is 36.4 Å². The number of aliphatic hydroxyl groups is 1. The molecule has 1 aliphatic carbocycles. The fourth-order valence-corrected chi connectivity index (χ4v) is 2.83. The van der Waals surface area contributed by atoms with Crippen LogP contribution in [0.15, 0.2) is 42.5 Å². The van der Waals surface area contributed by atoms with E-state index in [2.05, 4.69) is 5.32 Å². The molecule has 0 amide bonds. The lowest BCUT2D eigenvalue weighted by atomic mass is 10.0. The predicted octanol–water partition coefficient (Wildman–Crippen LogP) is 3.03. The Balaban J connectivity index is 1.77. The first-order chi connectivity index (χ1) is 11.4. The molecule has 0 spiro atoms. The van der Waals surface area contributed by atoms with E-state index in [0.717, 1.165) is 11.1 Å². The van der Waals surface area contributed by atoms with E-state index in [1.807, 2.05) is 63.2 Å². The standard InChI is InChI=1S/C20H23NO3/c1-20(2,3)21-11-13(22)12-24-17-10-6-9-16-18(17)14-7-4-5-8-15(14)19(16)23/h4-10,13,21-22H,11-12H2,1-3H3. The van der Waals surface area contributed by atoms with Crippen molar-refractivity contribution in [3.8, 4) is 16.9 Å². The number of aliphatic hydroxyl groups excluding tert-OH is 1. The molecule has 0 aliphatic heterocycles. The Morgan fingerprint density at radius 2 is 1.71 bits per heavy atom.